The van der Waals surface area contributed by atoms with Gasteiger partial charge in [-0.05, 0) is 44.1 Å². The van der Waals surface area contributed by atoms with Gasteiger partial charge >= 0.3 is 5.97 Å². The lowest BCUT2D eigenvalue weighted by molar-refractivity contribution is -0.163. The number of esters is 1. The van der Waals surface area contributed by atoms with E-state index in [0.29, 0.717) is 37.8 Å². The first-order chi connectivity index (χ1) is 24.2. The highest BCUT2D eigenvalue weighted by Crippen LogP contribution is 2.60. The van der Waals surface area contributed by atoms with E-state index in [-0.39, 0.29) is 54.8 Å². The van der Waals surface area contributed by atoms with Gasteiger partial charge in [0.15, 0.2) is 0 Å². The number of carbonyl (C=O) groups is 4. The molecule has 2 N–H and O–H groups in total. The average Bonchev–Trinajstić information content (AvgIpc) is 3.72. The lowest BCUT2D eigenvalue weighted by Crippen LogP contribution is -2.58. The molecular formula is C38H52BrN3O8. The molecule has 3 aliphatic heterocycles. The molecule has 0 radical (unpaired) electrons. The third-order valence-electron chi connectivity index (χ3n) is 10.7. The molecule has 4 aliphatic rings. The van der Waals surface area contributed by atoms with Gasteiger partial charge < -0.3 is 34.4 Å². The second-order valence-corrected chi connectivity index (χ2v) is 15.1. The number of likely N-dealkylation sites (tertiary alicyclic amines) is 1. The molecule has 1 spiro atoms. The Hall–Kier alpha value is -3.06. The Balaban J connectivity index is 1.49. The molecule has 5 rings (SSSR count). The van der Waals surface area contributed by atoms with Crippen LogP contribution in [0, 0.1) is 11.8 Å². The van der Waals surface area contributed by atoms with E-state index >= 15 is 0 Å². The molecular weight excluding hydrogens is 706 g/mol. The number of amides is 3. The van der Waals surface area contributed by atoms with Crippen LogP contribution < -0.4 is 5.32 Å². The zero-order chi connectivity index (χ0) is 35.8. The summed E-state index contributed by atoms with van der Waals surface area (Å²) in [5.74, 6) is -3.29. The van der Waals surface area contributed by atoms with Crippen LogP contribution in [-0.4, -0.2) is 107 Å². The molecule has 0 aromatic heterocycles. The molecule has 4 fully saturated rings. The lowest BCUT2D eigenvalue weighted by Gasteiger charge is -2.41. The van der Waals surface area contributed by atoms with E-state index in [2.05, 4.69) is 34.4 Å². The summed E-state index contributed by atoms with van der Waals surface area (Å²) in [7, 11) is 1.51. The molecule has 1 saturated carbocycles. The zero-order valence-corrected chi connectivity index (χ0v) is 30.6. The molecule has 1 aliphatic carbocycles. The van der Waals surface area contributed by atoms with Crippen LogP contribution in [0.3, 0.4) is 0 Å². The second kappa shape index (κ2) is 17.4. The van der Waals surface area contributed by atoms with Crippen molar-refractivity contribution in [1.29, 1.82) is 0 Å². The number of unbranched alkanes of at least 4 members (excludes halogenated alkanes) is 1. The smallest absolute Gasteiger partial charge is 0.313 e. The maximum atomic E-state index is 14.8. The molecule has 1 aromatic carbocycles. The topological polar surface area (TPSA) is 135 Å². The molecule has 3 saturated heterocycles. The molecule has 12 heteroatoms. The highest BCUT2D eigenvalue weighted by Gasteiger charge is 2.77. The van der Waals surface area contributed by atoms with Crippen molar-refractivity contribution in [3.05, 3.63) is 61.2 Å². The third kappa shape index (κ3) is 7.73. The Morgan fingerprint density at radius 2 is 1.90 bits per heavy atom. The van der Waals surface area contributed by atoms with Crippen molar-refractivity contribution in [2.24, 2.45) is 11.8 Å². The summed E-state index contributed by atoms with van der Waals surface area (Å²) in [6.45, 7) is 8.26. The van der Waals surface area contributed by atoms with Gasteiger partial charge in [0.2, 0.25) is 17.7 Å². The predicted octanol–water partition coefficient (Wildman–Crippen LogP) is 4.24. The standard InChI is InChI=1S/C38H52BrN3O8/c1-4-6-19-29(44)40-28(24-48-3)32(25-15-9-7-10-16-25)49-37(47)30-31-35(45)42(21-13-14-22-43)34(38(31)23-27(39)33(30)50-38)36(46)41(20-5-2)26-17-11-8-12-18-26/h4-5,7,9-10,15-16,26-28,30-34,43H,1-2,6,8,11-14,17-24H2,3H3,(H,40,44)/t27?,28-,30-,31+,32-,33-,34-,38+/m1/s1. The maximum Gasteiger partial charge on any atom is 0.313 e. The highest BCUT2D eigenvalue weighted by molar-refractivity contribution is 9.09. The number of nitrogens with zero attached hydrogens (tertiary/aromatic N) is 2. The molecule has 50 heavy (non-hydrogen) atoms. The number of methoxy groups -OCH3 is 1. The van der Waals surface area contributed by atoms with Gasteiger partial charge in [-0.2, -0.15) is 0 Å². The van der Waals surface area contributed by atoms with Gasteiger partial charge in [0, 0.05) is 44.1 Å². The number of hydrogen-bond acceptors (Lipinski definition) is 8. The second-order valence-electron chi connectivity index (χ2n) is 13.9. The van der Waals surface area contributed by atoms with E-state index in [1.54, 1.807) is 17.1 Å². The Morgan fingerprint density at radius 3 is 2.56 bits per heavy atom. The number of carbonyl (C=O) groups excluding carboxylic acids is 4. The van der Waals surface area contributed by atoms with Crippen LogP contribution in [-0.2, 0) is 33.4 Å². The van der Waals surface area contributed by atoms with Crippen molar-refractivity contribution in [1.82, 2.24) is 15.1 Å². The van der Waals surface area contributed by atoms with Crippen molar-refractivity contribution in [3.8, 4) is 0 Å². The van der Waals surface area contributed by atoms with E-state index in [9.17, 15) is 24.3 Å². The van der Waals surface area contributed by atoms with Gasteiger partial charge in [-0.3, -0.25) is 19.2 Å². The number of aliphatic hydroxyl groups is 1. The van der Waals surface area contributed by atoms with Gasteiger partial charge in [0.1, 0.15) is 17.7 Å². The zero-order valence-electron chi connectivity index (χ0n) is 29.1. The lowest BCUT2D eigenvalue weighted by atomic mass is 9.70. The van der Waals surface area contributed by atoms with Crippen molar-refractivity contribution < 1.29 is 38.5 Å². The van der Waals surface area contributed by atoms with E-state index < -0.39 is 47.7 Å². The molecule has 3 heterocycles. The van der Waals surface area contributed by atoms with Crippen molar-refractivity contribution >= 4 is 39.6 Å². The van der Waals surface area contributed by atoms with Crippen LogP contribution >= 0.6 is 15.9 Å². The molecule has 1 aromatic rings. The average molecular weight is 759 g/mol. The normalized spacial score (nSPS) is 28.5. The van der Waals surface area contributed by atoms with Crippen molar-refractivity contribution in [2.75, 3.05) is 33.4 Å². The Morgan fingerprint density at radius 1 is 1.16 bits per heavy atom. The van der Waals surface area contributed by atoms with Crippen LogP contribution in [0.5, 0.6) is 0 Å². The fourth-order valence-corrected chi connectivity index (χ4v) is 9.49. The Kier molecular flexibility index (Phi) is 13.3. The highest BCUT2D eigenvalue weighted by atomic mass is 79.9. The number of fused-ring (bicyclic) bond motifs is 1. The number of ether oxygens (including phenoxy) is 3. The molecule has 2 bridgehead atoms. The largest absolute Gasteiger partial charge is 0.455 e. The summed E-state index contributed by atoms with van der Waals surface area (Å²) in [4.78, 5) is 60.0. The number of hydrogen-bond donors (Lipinski definition) is 2. The number of aliphatic hydroxyl groups excluding tert-OH is 1. The van der Waals surface area contributed by atoms with Crippen LogP contribution in [0.25, 0.3) is 0 Å². The quantitative estimate of drug-likeness (QED) is 0.0984. The SMILES string of the molecule is C=CCCC(=O)N[C@H](COC)[C@H](OC(=O)[C@H]1[C@@H]2O[C@@]3(CC2Br)[C@@H]1C(=O)N(CCCCO)[C@@H]3C(=O)N(CC=C)C1CCCCC1)c1ccccc1. The molecule has 3 amide bonds. The number of alkyl halides is 1. The van der Waals surface area contributed by atoms with Gasteiger partial charge in [-0.15, -0.1) is 13.2 Å². The molecule has 8 atom stereocenters. The van der Waals surface area contributed by atoms with Crippen molar-refractivity contribution in [2.45, 2.75) is 105 Å². The summed E-state index contributed by atoms with van der Waals surface area (Å²) in [5.41, 5.74) is -0.582. The van der Waals surface area contributed by atoms with E-state index in [1.807, 2.05) is 35.2 Å². The Bertz CT molecular complexity index is 1370. The maximum absolute atomic E-state index is 14.8. The van der Waals surface area contributed by atoms with Gasteiger partial charge in [0.05, 0.1) is 30.6 Å². The predicted molar refractivity (Wildman–Crippen MR) is 191 cm³/mol. The van der Waals surface area contributed by atoms with Crippen LogP contribution in [0.4, 0.5) is 0 Å². The first-order valence-corrected chi connectivity index (χ1v) is 18.9. The fourth-order valence-electron chi connectivity index (χ4n) is 8.55. The van der Waals surface area contributed by atoms with Crippen molar-refractivity contribution in [3.63, 3.8) is 0 Å². The summed E-state index contributed by atoms with van der Waals surface area (Å²) in [6.07, 6.45) is 8.76. The fraction of sp³-hybridized carbons (Fsp3) is 0.632. The molecule has 1 unspecified atom stereocenters. The van der Waals surface area contributed by atoms with Crippen LogP contribution in [0.1, 0.15) is 75.9 Å². The number of halogens is 1. The van der Waals surface area contributed by atoms with E-state index in [0.717, 1.165) is 32.1 Å². The third-order valence-corrected chi connectivity index (χ3v) is 11.6. The number of allylic oxidation sites excluding steroid dienone is 1. The van der Waals surface area contributed by atoms with E-state index in [4.69, 9.17) is 14.2 Å². The first kappa shape index (κ1) is 38.2. The van der Waals surface area contributed by atoms with Crippen LogP contribution in [0.15, 0.2) is 55.6 Å². The van der Waals surface area contributed by atoms with Gasteiger partial charge in [0.25, 0.3) is 0 Å². The summed E-state index contributed by atoms with van der Waals surface area (Å²) in [5, 5.41) is 12.5. The minimum absolute atomic E-state index is 0.0317. The first-order valence-electron chi connectivity index (χ1n) is 18.0. The van der Waals surface area contributed by atoms with Gasteiger partial charge in [-0.25, -0.2) is 0 Å². The number of rotatable bonds is 18. The molecule has 274 valence electrons. The summed E-state index contributed by atoms with van der Waals surface area (Å²) in [6, 6.07) is 7.52. The van der Waals surface area contributed by atoms with Crippen LogP contribution in [0.2, 0.25) is 0 Å². The molecule has 11 nitrogen and oxygen atoms in total. The minimum Gasteiger partial charge on any atom is -0.455 e. The number of nitrogens with one attached hydrogen (secondary N) is 1. The summed E-state index contributed by atoms with van der Waals surface area (Å²) >= 11 is 3.76. The van der Waals surface area contributed by atoms with Gasteiger partial charge in [-0.1, -0.05) is 77.7 Å². The monoisotopic (exact) mass is 757 g/mol. The van der Waals surface area contributed by atoms with E-state index in [1.165, 1.54) is 7.11 Å². The Labute approximate surface area is 303 Å². The summed E-state index contributed by atoms with van der Waals surface area (Å²) < 4.78 is 18.6. The number of benzene rings is 1. The minimum atomic E-state index is -1.24.